The molecule has 0 radical (unpaired) electrons. The van der Waals surface area contributed by atoms with Crippen LogP contribution in [0.5, 0.6) is 5.88 Å². The summed E-state index contributed by atoms with van der Waals surface area (Å²) in [5.74, 6) is 0.0578. The van der Waals surface area contributed by atoms with Gasteiger partial charge in [0.2, 0.25) is 5.65 Å². The van der Waals surface area contributed by atoms with Crippen LogP contribution in [0, 0.1) is 0 Å². The zero-order valence-electron chi connectivity index (χ0n) is 15.2. The lowest BCUT2D eigenvalue weighted by atomic mass is 10.2. The van der Waals surface area contributed by atoms with Crippen LogP contribution in [0.4, 0.5) is 0 Å². The largest absolute Gasteiger partial charge is 0.848 e. The van der Waals surface area contributed by atoms with Crippen LogP contribution in [0.3, 0.4) is 0 Å². The monoisotopic (exact) mass is 351 g/mol. The molecule has 0 N–H and O–H groups in total. The molecule has 0 bridgehead atoms. The predicted octanol–water partition coefficient (Wildman–Crippen LogP) is 1.46. The number of fused-ring (bicyclic) bond motifs is 4. The van der Waals surface area contributed by atoms with Gasteiger partial charge in [-0.05, 0) is 23.9 Å². The van der Waals surface area contributed by atoms with Crippen LogP contribution < -0.4 is 15.2 Å². The van der Waals surface area contributed by atoms with Gasteiger partial charge in [-0.1, -0.05) is 48.1 Å². The van der Waals surface area contributed by atoms with E-state index in [2.05, 4.69) is 12.0 Å². The molecule has 7 nitrogen and oxygen atoms in total. The molecule has 0 amide bonds. The number of rotatable bonds is 4. The van der Waals surface area contributed by atoms with E-state index in [1.807, 2.05) is 42.8 Å². The van der Waals surface area contributed by atoms with Gasteiger partial charge in [0.15, 0.2) is 5.52 Å². The minimum absolute atomic E-state index is 0.252. The highest BCUT2D eigenvalue weighted by Crippen LogP contribution is 2.24. The molecule has 0 saturated heterocycles. The van der Waals surface area contributed by atoms with Crippen molar-refractivity contribution in [1.82, 2.24) is 19.2 Å². The Morgan fingerprint density at radius 1 is 1.23 bits per heavy atom. The number of hydrogen-bond acceptors (Lipinski definition) is 4. The molecular weight excluding hydrogens is 330 g/mol. The zero-order chi connectivity index (χ0) is 18.4. The third kappa shape index (κ3) is 2.20. The van der Waals surface area contributed by atoms with Crippen molar-refractivity contribution in [2.45, 2.75) is 39.7 Å². The molecule has 1 aromatic carbocycles. The molecule has 4 rings (SSSR count). The highest BCUT2D eigenvalue weighted by atomic mass is 16.3. The van der Waals surface area contributed by atoms with Crippen LogP contribution in [0.25, 0.3) is 27.8 Å². The maximum Gasteiger partial charge on any atom is 0.427 e. The molecule has 3 heterocycles. The first-order valence-electron chi connectivity index (χ1n) is 8.98. The third-order valence-corrected chi connectivity index (χ3v) is 4.93. The Balaban J connectivity index is 2.20. The number of aromatic nitrogens is 5. The van der Waals surface area contributed by atoms with Crippen LogP contribution >= 0.6 is 0 Å². The average molecular weight is 351 g/mol. The minimum atomic E-state index is -0.373. The van der Waals surface area contributed by atoms with Gasteiger partial charge in [-0.25, -0.2) is 9.36 Å². The highest BCUT2D eigenvalue weighted by Gasteiger charge is 2.23. The summed E-state index contributed by atoms with van der Waals surface area (Å²) in [7, 11) is 1.92. The van der Waals surface area contributed by atoms with E-state index >= 15 is 0 Å². The first kappa shape index (κ1) is 16.5. The Hall–Kier alpha value is -2.96. The molecule has 0 atom stereocenters. The number of unbranched alkanes of at least 4 members (excludes halogenated alkanes) is 1. The normalized spacial score (nSPS) is 11.8. The Labute approximate surface area is 150 Å². The maximum absolute atomic E-state index is 12.8. The summed E-state index contributed by atoms with van der Waals surface area (Å²) in [6.07, 6.45) is 2.16. The minimum Gasteiger partial charge on any atom is -0.848 e. The van der Waals surface area contributed by atoms with Gasteiger partial charge in [0.25, 0.3) is 0 Å². The third-order valence-electron chi connectivity index (χ3n) is 4.93. The molecule has 0 aliphatic heterocycles. The van der Waals surface area contributed by atoms with E-state index in [1.54, 1.807) is 4.57 Å². The fourth-order valence-corrected chi connectivity index (χ4v) is 3.48. The van der Waals surface area contributed by atoms with E-state index in [9.17, 15) is 9.90 Å². The lowest BCUT2D eigenvalue weighted by Gasteiger charge is -2.15. The molecule has 0 aliphatic rings. The summed E-state index contributed by atoms with van der Waals surface area (Å²) in [6.45, 7) is 4.41. The van der Waals surface area contributed by atoms with Crippen LogP contribution in [0.2, 0.25) is 0 Å². The van der Waals surface area contributed by atoms with Gasteiger partial charge < -0.3 is 9.67 Å². The Bertz CT molecular complexity index is 1210. The summed E-state index contributed by atoms with van der Waals surface area (Å²) in [4.78, 5) is 17.5. The highest BCUT2D eigenvalue weighted by molar-refractivity contribution is 6.04. The van der Waals surface area contributed by atoms with E-state index < -0.39 is 0 Å². The molecule has 134 valence electrons. The molecule has 3 aromatic heterocycles. The van der Waals surface area contributed by atoms with Gasteiger partial charge >= 0.3 is 11.3 Å². The van der Waals surface area contributed by atoms with Crippen molar-refractivity contribution in [2.75, 3.05) is 0 Å². The van der Waals surface area contributed by atoms with Crippen molar-refractivity contribution in [3.63, 3.8) is 0 Å². The molecule has 0 spiro atoms. The van der Waals surface area contributed by atoms with Crippen molar-refractivity contribution in [3.05, 3.63) is 40.2 Å². The first-order valence-corrected chi connectivity index (χ1v) is 8.98. The summed E-state index contributed by atoms with van der Waals surface area (Å²) in [5, 5.41) is 18.4. The fraction of sp³-hybridized carbons (Fsp3) is 0.368. The second kappa shape index (κ2) is 6.09. The van der Waals surface area contributed by atoms with E-state index in [4.69, 9.17) is 4.98 Å². The summed E-state index contributed by atoms with van der Waals surface area (Å²) in [6, 6.07) is 7.86. The van der Waals surface area contributed by atoms with Crippen LogP contribution in [-0.2, 0) is 20.0 Å². The number of nitrogens with zero attached hydrogens (tertiary/aromatic N) is 5. The number of para-hydroxylation sites is 1. The van der Waals surface area contributed by atoms with E-state index in [-0.39, 0.29) is 17.0 Å². The number of benzene rings is 1. The van der Waals surface area contributed by atoms with E-state index in [1.165, 1.54) is 4.52 Å². The Morgan fingerprint density at radius 2 is 2.00 bits per heavy atom. The van der Waals surface area contributed by atoms with Gasteiger partial charge in [-0.15, -0.1) is 0 Å². The second-order valence-electron chi connectivity index (χ2n) is 6.52. The fourth-order valence-electron chi connectivity index (χ4n) is 3.48. The molecule has 0 fully saturated rings. The first-order chi connectivity index (χ1) is 12.6. The smallest absolute Gasteiger partial charge is 0.427 e. The SMILES string of the molecule is CCCC[n+]1c([O-])c(CC)c(=O)n2nc3c4ccccc4n(C)c3nc21. The average Bonchev–Trinajstić information content (AvgIpc) is 2.93. The van der Waals surface area contributed by atoms with Crippen molar-refractivity contribution < 1.29 is 9.67 Å². The quantitative estimate of drug-likeness (QED) is 0.522. The lowest BCUT2D eigenvalue weighted by Crippen LogP contribution is -2.46. The van der Waals surface area contributed by atoms with Crippen molar-refractivity contribution in [1.29, 1.82) is 0 Å². The molecule has 26 heavy (non-hydrogen) atoms. The van der Waals surface area contributed by atoms with Gasteiger partial charge in [-0.2, -0.15) is 0 Å². The van der Waals surface area contributed by atoms with Gasteiger partial charge in [-0.3, -0.25) is 0 Å². The second-order valence-corrected chi connectivity index (χ2v) is 6.52. The lowest BCUT2D eigenvalue weighted by molar-refractivity contribution is -0.718. The van der Waals surface area contributed by atoms with Gasteiger partial charge in [0.1, 0.15) is 0 Å². The van der Waals surface area contributed by atoms with Crippen LogP contribution in [-0.4, -0.2) is 19.2 Å². The van der Waals surface area contributed by atoms with Crippen molar-refractivity contribution >= 4 is 27.8 Å². The molecule has 4 aromatic rings. The van der Waals surface area contributed by atoms with Gasteiger partial charge in [0.05, 0.1) is 17.6 Å². The molecule has 0 unspecified atom stereocenters. The van der Waals surface area contributed by atoms with Crippen molar-refractivity contribution in [2.24, 2.45) is 7.05 Å². The Kier molecular flexibility index (Phi) is 3.86. The van der Waals surface area contributed by atoms with E-state index in [0.717, 1.165) is 23.7 Å². The molecule has 0 saturated carbocycles. The Morgan fingerprint density at radius 3 is 2.73 bits per heavy atom. The predicted molar refractivity (Wildman–Crippen MR) is 97.2 cm³/mol. The maximum atomic E-state index is 12.8. The van der Waals surface area contributed by atoms with Crippen LogP contribution in [0.15, 0.2) is 29.1 Å². The van der Waals surface area contributed by atoms with E-state index in [0.29, 0.717) is 29.9 Å². The summed E-state index contributed by atoms with van der Waals surface area (Å²) >= 11 is 0. The summed E-state index contributed by atoms with van der Waals surface area (Å²) < 4.78 is 4.84. The number of aryl methyl sites for hydroxylation is 2. The number of hydrogen-bond donors (Lipinski definition) is 0. The standard InChI is InChI=1S/C19H21N5O2/c1-4-6-11-23-17(25)12(5-2)18(26)24-19(23)20-16-15(21-24)13-9-7-8-10-14(13)22(16)3/h7-10H,4-6,11H2,1-3H3. The molecule has 7 heteroatoms. The van der Waals surface area contributed by atoms with Crippen molar-refractivity contribution in [3.8, 4) is 5.88 Å². The van der Waals surface area contributed by atoms with Crippen LogP contribution in [0.1, 0.15) is 32.3 Å². The molecule has 0 aliphatic carbocycles. The van der Waals surface area contributed by atoms with Gasteiger partial charge in [0, 0.05) is 18.3 Å². The summed E-state index contributed by atoms with van der Waals surface area (Å²) in [5.41, 5.74) is 2.21. The zero-order valence-corrected chi connectivity index (χ0v) is 15.2. The molecular formula is C19H21N5O2. The topological polar surface area (TPSA) is 79.1 Å².